The van der Waals surface area contributed by atoms with Crippen molar-refractivity contribution in [1.29, 1.82) is 0 Å². The molecule has 0 aliphatic carbocycles. The van der Waals surface area contributed by atoms with E-state index in [0.717, 1.165) is 0 Å². The first-order chi connectivity index (χ1) is 12.4. The van der Waals surface area contributed by atoms with Crippen molar-refractivity contribution in [3.63, 3.8) is 0 Å². The van der Waals surface area contributed by atoms with Crippen LogP contribution in [-0.2, 0) is 15.6 Å². The normalized spacial score (nSPS) is 11.3. The number of benzene rings is 2. The molecule has 134 valence electrons. The number of carboxylic acids is 1. The highest BCUT2D eigenvalue weighted by molar-refractivity contribution is 7.90. The Bertz CT molecular complexity index is 1030. The Labute approximate surface area is 150 Å². The molecule has 1 heterocycles. The second-order valence-electron chi connectivity index (χ2n) is 5.48. The Kier molecular flexibility index (Phi) is 4.77. The number of hydrogen-bond donors (Lipinski definition) is 1. The van der Waals surface area contributed by atoms with Crippen LogP contribution in [0.1, 0.15) is 15.9 Å². The van der Waals surface area contributed by atoms with Crippen LogP contribution in [0.15, 0.2) is 65.8 Å². The molecule has 8 heteroatoms. The Hall–Kier alpha value is -3.13. The van der Waals surface area contributed by atoms with Crippen LogP contribution in [0, 0.1) is 0 Å². The number of aromatic nitrogens is 2. The highest BCUT2D eigenvalue weighted by Crippen LogP contribution is 2.32. The predicted molar refractivity (Wildman–Crippen MR) is 94.4 cm³/mol. The average molecular weight is 372 g/mol. The Morgan fingerprint density at radius 2 is 1.88 bits per heavy atom. The summed E-state index contributed by atoms with van der Waals surface area (Å²) in [4.78, 5) is 12.0. The van der Waals surface area contributed by atoms with Crippen molar-refractivity contribution in [1.82, 2.24) is 9.78 Å². The Morgan fingerprint density at radius 1 is 1.15 bits per heavy atom. The fraction of sp³-hybridized carbons (Fsp3) is 0.111. The lowest BCUT2D eigenvalue weighted by molar-refractivity contribution is 0.0692. The van der Waals surface area contributed by atoms with Crippen LogP contribution < -0.4 is 4.74 Å². The van der Waals surface area contributed by atoms with E-state index < -0.39 is 21.6 Å². The molecular formula is C18H16N2O5S. The minimum atomic E-state index is -3.70. The van der Waals surface area contributed by atoms with Gasteiger partial charge in [0.15, 0.2) is 15.6 Å². The van der Waals surface area contributed by atoms with Crippen LogP contribution in [0.25, 0.3) is 5.69 Å². The molecule has 0 amide bonds. The van der Waals surface area contributed by atoms with Crippen molar-refractivity contribution in [2.45, 2.75) is 10.6 Å². The molecule has 0 atom stereocenters. The molecule has 0 saturated carbocycles. The smallest absolute Gasteiger partial charge is 0.339 e. The SMILES string of the molecule is COc1c(-n2cccn2)ccc(CS(=O)(=O)c2ccccc2)c1C(=O)O. The van der Waals surface area contributed by atoms with Crippen LogP contribution in [0.5, 0.6) is 5.75 Å². The maximum Gasteiger partial charge on any atom is 0.339 e. The monoisotopic (exact) mass is 372 g/mol. The van der Waals surface area contributed by atoms with E-state index in [4.69, 9.17) is 4.74 Å². The summed E-state index contributed by atoms with van der Waals surface area (Å²) in [6.45, 7) is 0. The molecule has 0 fully saturated rings. The van der Waals surface area contributed by atoms with Crippen LogP contribution >= 0.6 is 0 Å². The van der Waals surface area contributed by atoms with Gasteiger partial charge in [0.1, 0.15) is 11.3 Å². The van der Waals surface area contributed by atoms with Crippen molar-refractivity contribution in [2.24, 2.45) is 0 Å². The van der Waals surface area contributed by atoms with Gasteiger partial charge >= 0.3 is 5.97 Å². The number of hydrogen-bond acceptors (Lipinski definition) is 5. The third-order valence-corrected chi connectivity index (χ3v) is 5.52. The first-order valence-corrected chi connectivity index (χ1v) is 9.30. The molecule has 1 N–H and O–H groups in total. The van der Waals surface area contributed by atoms with E-state index >= 15 is 0 Å². The summed E-state index contributed by atoms with van der Waals surface area (Å²) >= 11 is 0. The van der Waals surface area contributed by atoms with Gasteiger partial charge in [-0.15, -0.1) is 0 Å². The summed E-state index contributed by atoms with van der Waals surface area (Å²) < 4.78 is 32.0. The number of carboxylic acid groups (broad SMARTS) is 1. The Morgan fingerprint density at radius 3 is 2.46 bits per heavy atom. The highest BCUT2D eigenvalue weighted by Gasteiger charge is 2.25. The second-order valence-corrected chi connectivity index (χ2v) is 7.47. The third kappa shape index (κ3) is 3.31. The molecule has 26 heavy (non-hydrogen) atoms. The van der Waals surface area contributed by atoms with Gasteiger partial charge in [0.2, 0.25) is 0 Å². The highest BCUT2D eigenvalue weighted by atomic mass is 32.2. The third-order valence-electron chi connectivity index (χ3n) is 3.84. The molecule has 0 bridgehead atoms. The zero-order chi connectivity index (χ0) is 18.7. The lowest BCUT2D eigenvalue weighted by Gasteiger charge is -2.15. The largest absolute Gasteiger partial charge is 0.494 e. The number of ether oxygens (including phenoxy) is 1. The van der Waals surface area contributed by atoms with Crippen molar-refractivity contribution < 1.29 is 23.1 Å². The van der Waals surface area contributed by atoms with Crippen molar-refractivity contribution >= 4 is 15.8 Å². The van der Waals surface area contributed by atoms with E-state index in [-0.39, 0.29) is 21.8 Å². The molecule has 0 spiro atoms. The molecule has 3 rings (SSSR count). The van der Waals surface area contributed by atoms with Gasteiger partial charge in [-0.2, -0.15) is 5.10 Å². The van der Waals surface area contributed by atoms with Crippen LogP contribution in [0.3, 0.4) is 0 Å². The molecule has 0 unspecified atom stereocenters. The zero-order valence-electron chi connectivity index (χ0n) is 13.9. The zero-order valence-corrected chi connectivity index (χ0v) is 14.7. The minimum absolute atomic E-state index is 0.0574. The van der Waals surface area contributed by atoms with Crippen molar-refractivity contribution in [3.05, 3.63) is 72.1 Å². The van der Waals surface area contributed by atoms with Crippen molar-refractivity contribution in [2.75, 3.05) is 7.11 Å². The molecule has 0 aliphatic heterocycles. The molecule has 0 saturated heterocycles. The van der Waals surface area contributed by atoms with Gasteiger partial charge in [-0.3, -0.25) is 0 Å². The van der Waals surface area contributed by atoms with Gasteiger partial charge < -0.3 is 9.84 Å². The second kappa shape index (κ2) is 7.01. The number of aromatic carboxylic acids is 1. The minimum Gasteiger partial charge on any atom is -0.494 e. The summed E-state index contributed by atoms with van der Waals surface area (Å²) in [7, 11) is -2.36. The van der Waals surface area contributed by atoms with E-state index in [1.54, 1.807) is 42.7 Å². The Balaban J connectivity index is 2.12. The van der Waals surface area contributed by atoms with E-state index in [0.29, 0.717) is 5.69 Å². The molecule has 0 aliphatic rings. The van der Waals surface area contributed by atoms with Crippen molar-refractivity contribution in [3.8, 4) is 11.4 Å². The summed E-state index contributed by atoms with van der Waals surface area (Å²) in [5.41, 5.74) is 0.366. The molecule has 7 nitrogen and oxygen atoms in total. The van der Waals surface area contributed by atoms with Gasteiger partial charge in [0.25, 0.3) is 0 Å². The number of carbonyl (C=O) groups is 1. The van der Waals surface area contributed by atoms with Gasteiger partial charge in [-0.1, -0.05) is 24.3 Å². The van der Waals surface area contributed by atoms with E-state index in [2.05, 4.69) is 5.10 Å². The predicted octanol–water partition coefficient (Wildman–Crippen LogP) is 2.55. The first-order valence-electron chi connectivity index (χ1n) is 7.65. The molecule has 3 aromatic rings. The summed E-state index contributed by atoms with van der Waals surface area (Å²) in [5.74, 6) is -1.66. The molecular weight excluding hydrogens is 356 g/mol. The fourth-order valence-corrected chi connectivity index (χ4v) is 4.07. The maximum atomic E-state index is 12.6. The van der Waals surface area contributed by atoms with Gasteiger partial charge in [0.05, 0.1) is 17.8 Å². The quantitative estimate of drug-likeness (QED) is 0.714. The molecule has 1 aromatic heterocycles. The first kappa shape index (κ1) is 17.7. The lowest BCUT2D eigenvalue weighted by atomic mass is 10.1. The van der Waals surface area contributed by atoms with Crippen LogP contribution in [-0.4, -0.2) is 36.4 Å². The standard InChI is InChI=1S/C18H16N2O5S/c1-25-17-15(20-11-5-10-19-20)9-8-13(16(17)18(21)22)12-26(23,24)14-6-3-2-4-7-14/h2-11H,12H2,1H3,(H,21,22). The maximum absolute atomic E-state index is 12.6. The lowest BCUT2D eigenvalue weighted by Crippen LogP contribution is -2.13. The average Bonchev–Trinajstić information content (AvgIpc) is 3.15. The van der Waals surface area contributed by atoms with Gasteiger partial charge in [-0.05, 0) is 29.8 Å². The summed E-state index contributed by atoms with van der Waals surface area (Å²) in [6.07, 6.45) is 3.19. The number of sulfone groups is 1. The van der Waals surface area contributed by atoms with E-state index in [1.807, 2.05) is 0 Å². The molecule has 2 aromatic carbocycles. The number of methoxy groups -OCH3 is 1. The van der Waals surface area contributed by atoms with E-state index in [1.165, 1.54) is 30.0 Å². The van der Waals surface area contributed by atoms with Gasteiger partial charge in [-0.25, -0.2) is 17.9 Å². The van der Waals surface area contributed by atoms with Crippen LogP contribution in [0.4, 0.5) is 0 Å². The van der Waals surface area contributed by atoms with E-state index in [9.17, 15) is 18.3 Å². The summed E-state index contributed by atoms with van der Waals surface area (Å²) in [5, 5.41) is 13.7. The van der Waals surface area contributed by atoms with Gasteiger partial charge in [0, 0.05) is 12.4 Å². The number of rotatable bonds is 6. The summed E-state index contributed by atoms with van der Waals surface area (Å²) in [6, 6.07) is 12.7. The number of nitrogens with zero attached hydrogens (tertiary/aromatic N) is 2. The topological polar surface area (TPSA) is 98.5 Å². The van der Waals surface area contributed by atoms with Crippen LogP contribution in [0.2, 0.25) is 0 Å². The molecule has 0 radical (unpaired) electrons. The fourth-order valence-electron chi connectivity index (χ4n) is 2.68.